The zero-order valence-electron chi connectivity index (χ0n) is 17.8. The third-order valence-electron chi connectivity index (χ3n) is 5.97. The molecule has 3 aromatic rings. The average molecular weight is 443 g/mol. The highest BCUT2D eigenvalue weighted by Crippen LogP contribution is 2.35. The van der Waals surface area contributed by atoms with Crippen LogP contribution < -0.4 is 5.32 Å². The van der Waals surface area contributed by atoms with E-state index >= 15 is 0 Å². The summed E-state index contributed by atoms with van der Waals surface area (Å²) in [6.45, 7) is 3.84. The van der Waals surface area contributed by atoms with Crippen LogP contribution in [0, 0.1) is 0 Å². The molecule has 0 radical (unpaired) electrons. The fourth-order valence-electron chi connectivity index (χ4n) is 4.10. The molecular formula is C23H24F3N5O. The number of allylic oxidation sites excluding steroid dienone is 2. The number of carbonyl (C=O) groups is 1. The molecule has 0 spiro atoms. The number of carbonyl (C=O) groups excluding carboxylic acids is 1. The van der Waals surface area contributed by atoms with Gasteiger partial charge in [-0.2, -0.15) is 28.6 Å². The molecule has 2 atom stereocenters. The maximum atomic E-state index is 13.0. The van der Waals surface area contributed by atoms with Crippen molar-refractivity contribution in [3.05, 3.63) is 64.5 Å². The van der Waals surface area contributed by atoms with Gasteiger partial charge in [0, 0.05) is 11.8 Å². The molecule has 2 unspecified atom stereocenters. The molecule has 2 heterocycles. The molecule has 4 rings (SSSR count). The molecule has 0 bridgehead atoms. The van der Waals surface area contributed by atoms with E-state index in [-0.39, 0.29) is 11.8 Å². The second kappa shape index (κ2) is 8.72. The van der Waals surface area contributed by atoms with Crippen LogP contribution in [0.15, 0.2) is 42.1 Å². The van der Waals surface area contributed by atoms with Gasteiger partial charge in [-0.1, -0.05) is 17.7 Å². The number of nitrogens with zero attached hydrogens (tertiary/aromatic N) is 3. The van der Waals surface area contributed by atoms with Crippen LogP contribution in [-0.2, 0) is 6.18 Å². The molecule has 0 aliphatic heterocycles. The Balaban J connectivity index is 1.56. The molecule has 1 aliphatic rings. The number of nitrogens with one attached hydrogen (secondary N) is 2. The largest absolute Gasteiger partial charge is 0.433 e. The van der Waals surface area contributed by atoms with Crippen LogP contribution in [0.1, 0.15) is 78.7 Å². The van der Waals surface area contributed by atoms with Gasteiger partial charge in [0.25, 0.3) is 5.91 Å². The third-order valence-corrected chi connectivity index (χ3v) is 5.97. The minimum Gasteiger partial charge on any atom is -0.345 e. The Bertz CT molecular complexity index is 1150. The maximum Gasteiger partial charge on any atom is 0.433 e. The summed E-state index contributed by atoms with van der Waals surface area (Å²) < 4.78 is 38.2. The van der Waals surface area contributed by atoms with Crippen molar-refractivity contribution in [3.8, 4) is 0 Å². The number of fused-ring (bicyclic) bond motifs is 1. The van der Waals surface area contributed by atoms with Crippen molar-refractivity contribution in [3.63, 3.8) is 0 Å². The van der Waals surface area contributed by atoms with Gasteiger partial charge in [-0.3, -0.25) is 9.78 Å². The van der Waals surface area contributed by atoms with E-state index < -0.39 is 17.9 Å². The van der Waals surface area contributed by atoms with Crippen LogP contribution in [-0.4, -0.2) is 26.3 Å². The van der Waals surface area contributed by atoms with Crippen LogP contribution in [0.3, 0.4) is 0 Å². The average Bonchev–Trinajstić information content (AvgIpc) is 3.13. The summed E-state index contributed by atoms with van der Waals surface area (Å²) >= 11 is 0. The van der Waals surface area contributed by atoms with Crippen LogP contribution >= 0.6 is 0 Å². The number of rotatable bonds is 4. The number of H-pyrrole nitrogens is 1. The zero-order valence-corrected chi connectivity index (χ0v) is 17.8. The summed E-state index contributed by atoms with van der Waals surface area (Å²) in [7, 11) is 0. The molecule has 9 heteroatoms. The number of amides is 1. The van der Waals surface area contributed by atoms with E-state index in [0.29, 0.717) is 16.6 Å². The minimum absolute atomic E-state index is 0.264. The molecule has 168 valence electrons. The van der Waals surface area contributed by atoms with Gasteiger partial charge in [0.1, 0.15) is 16.7 Å². The molecule has 2 aromatic heterocycles. The fraction of sp³-hybridized carbons (Fsp3) is 0.391. The van der Waals surface area contributed by atoms with Crippen molar-refractivity contribution in [2.45, 2.75) is 57.7 Å². The van der Waals surface area contributed by atoms with Crippen molar-refractivity contribution in [1.82, 2.24) is 25.7 Å². The Morgan fingerprint density at radius 3 is 2.75 bits per heavy atom. The van der Waals surface area contributed by atoms with Crippen molar-refractivity contribution >= 4 is 16.9 Å². The fourth-order valence-corrected chi connectivity index (χ4v) is 4.10. The summed E-state index contributed by atoms with van der Waals surface area (Å²) in [5.74, 6) is -0.0629. The highest BCUT2D eigenvalue weighted by atomic mass is 19.4. The first kappa shape index (κ1) is 22.0. The Labute approximate surface area is 183 Å². The van der Waals surface area contributed by atoms with Gasteiger partial charge in [0.05, 0.1) is 6.04 Å². The molecule has 1 aliphatic carbocycles. The van der Waals surface area contributed by atoms with E-state index in [9.17, 15) is 18.0 Å². The first-order valence-corrected chi connectivity index (χ1v) is 10.6. The number of pyridine rings is 1. The highest BCUT2D eigenvalue weighted by Gasteiger charge is 2.32. The zero-order chi connectivity index (χ0) is 22.9. The van der Waals surface area contributed by atoms with E-state index in [0.717, 1.165) is 49.0 Å². The van der Waals surface area contributed by atoms with Crippen LogP contribution in [0.4, 0.5) is 13.2 Å². The van der Waals surface area contributed by atoms with Crippen LogP contribution in [0.5, 0.6) is 0 Å². The maximum absolute atomic E-state index is 13.0. The van der Waals surface area contributed by atoms with Gasteiger partial charge in [-0.25, -0.2) is 0 Å². The first-order valence-electron chi connectivity index (χ1n) is 10.6. The molecule has 0 saturated heterocycles. The second-order valence-corrected chi connectivity index (χ2v) is 8.29. The first-order chi connectivity index (χ1) is 15.2. The quantitative estimate of drug-likeness (QED) is 0.524. The predicted octanol–water partition coefficient (Wildman–Crippen LogP) is 5.47. The Morgan fingerprint density at radius 1 is 1.22 bits per heavy atom. The molecule has 2 N–H and O–H groups in total. The molecule has 1 amide bonds. The predicted molar refractivity (Wildman–Crippen MR) is 114 cm³/mol. The summed E-state index contributed by atoms with van der Waals surface area (Å²) in [6.07, 6.45) is 2.82. The molecule has 1 aromatic carbocycles. The molecule has 0 saturated carbocycles. The Kier molecular flexibility index (Phi) is 5.99. The van der Waals surface area contributed by atoms with Crippen molar-refractivity contribution in [1.29, 1.82) is 0 Å². The smallest absolute Gasteiger partial charge is 0.345 e. The van der Waals surface area contributed by atoms with Crippen molar-refractivity contribution in [2.24, 2.45) is 0 Å². The van der Waals surface area contributed by atoms with E-state index in [2.05, 4.69) is 38.7 Å². The lowest BCUT2D eigenvalue weighted by atomic mass is 9.89. The van der Waals surface area contributed by atoms with Gasteiger partial charge >= 0.3 is 6.18 Å². The number of benzene rings is 1. The Morgan fingerprint density at radius 2 is 2.03 bits per heavy atom. The number of hydrogen-bond acceptors (Lipinski definition) is 4. The van der Waals surface area contributed by atoms with E-state index in [1.807, 2.05) is 6.07 Å². The number of halogens is 3. The monoisotopic (exact) mass is 443 g/mol. The minimum atomic E-state index is -4.50. The SMILES string of the molecule is CC1=CCCC(c2cc(C(=O)NC(C)c3ccc(C(F)(F)F)nc3)cc3n[nH]nc23)CC1. The van der Waals surface area contributed by atoms with Gasteiger partial charge < -0.3 is 5.32 Å². The highest BCUT2D eigenvalue weighted by molar-refractivity contribution is 5.98. The number of aromatic nitrogens is 4. The summed E-state index contributed by atoms with van der Waals surface area (Å²) in [5.41, 5.74) is 3.72. The summed E-state index contributed by atoms with van der Waals surface area (Å²) in [5, 5.41) is 14.0. The van der Waals surface area contributed by atoms with Crippen LogP contribution in [0.2, 0.25) is 0 Å². The van der Waals surface area contributed by atoms with Gasteiger partial charge in [-0.05, 0) is 74.8 Å². The van der Waals surface area contributed by atoms with E-state index in [1.165, 1.54) is 11.6 Å². The van der Waals surface area contributed by atoms with Gasteiger partial charge in [-0.15, -0.1) is 0 Å². The normalized spacial score (nSPS) is 18.2. The van der Waals surface area contributed by atoms with Crippen molar-refractivity contribution < 1.29 is 18.0 Å². The molecule has 0 fully saturated rings. The van der Waals surface area contributed by atoms with E-state index in [4.69, 9.17) is 0 Å². The van der Waals surface area contributed by atoms with Crippen molar-refractivity contribution in [2.75, 3.05) is 0 Å². The van der Waals surface area contributed by atoms with E-state index in [1.54, 1.807) is 13.0 Å². The number of alkyl halides is 3. The lowest BCUT2D eigenvalue weighted by Crippen LogP contribution is -2.27. The lowest BCUT2D eigenvalue weighted by molar-refractivity contribution is -0.141. The summed E-state index contributed by atoms with van der Waals surface area (Å²) in [4.78, 5) is 16.5. The Hall–Kier alpha value is -3.23. The standard InChI is InChI=1S/C23H24F3N5O/c1-13-4-3-5-15(7-6-13)18-10-17(11-19-21(18)30-31-29-19)22(32)28-14(2)16-8-9-20(27-12-16)23(24,25)26/h4,8-12,14-15H,3,5-7H2,1-2H3,(H,28,32)(H,29,30,31). The van der Waals surface area contributed by atoms with Gasteiger partial charge in [0.15, 0.2) is 0 Å². The number of aromatic amines is 1. The third kappa shape index (κ3) is 4.66. The second-order valence-electron chi connectivity index (χ2n) is 8.29. The summed E-state index contributed by atoms with van der Waals surface area (Å²) in [6, 6.07) is 5.27. The molecule has 6 nitrogen and oxygen atoms in total. The topological polar surface area (TPSA) is 83.6 Å². The molecular weight excluding hydrogens is 419 g/mol. The lowest BCUT2D eigenvalue weighted by Gasteiger charge is -2.18. The number of hydrogen-bond donors (Lipinski definition) is 2. The molecule has 32 heavy (non-hydrogen) atoms. The van der Waals surface area contributed by atoms with Gasteiger partial charge in [0.2, 0.25) is 0 Å². The van der Waals surface area contributed by atoms with Crippen LogP contribution in [0.25, 0.3) is 11.0 Å².